The van der Waals surface area contributed by atoms with Gasteiger partial charge in [0.25, 0.3) is 5.91 Å². The second-order valence-corrected chi connectivity index (χ2v) is 5.51. The maximum absolute atomic E-state index is 12.3. The van der Waals surface area contributed by atoms with E-state index in [2.05, 4.69) is 10.3 Å². The van der Waals surface area contributed by atoms with Crippen molar-refractivity contribution < 1.29 is 19.1 Å². The highest BCUT2D eigenvalue weighted by Crippen LogP contribution is 2.27. The summed E-state index contributed by atoms with van der Waals surface area (Å²) in [5.74, 6) is 0.565. The fraction of sp³-hybridized carbons (Fsp3) is 0.267. The third-order valence-electron chi connectivity index (χ3n) is 2.99. The molecule has 0 unspecified atom stereocenters. The Hall–Kier alpha value is -2.41. The number of aromatic nitrogens is 1. The number of nitrogens with zero attached hydrogens (tertiary/aromatic N) is 1. The molecule has 1 N–H and O–H groups in total. The number of carbonyl (C=O) groups is 2. The van der Waals surface area contributed by atoms with Gasteiger partial charge in [0.1, 0.15) is 11.5 Å². The van der Waals surface area contributed by atoms with E-state index in [0.717, 1.165) is 11.3 Å². The van der Waals surface area contributed by atoms with Gasteiger partial charge in [-0.05, 0) is 19.1 Å². The molecule has 1 amide bonds. The van der Waals surface area contributed by atoms with Crippen molar-refractivity contribution in [2.75, 3.05) is 19.5 Å². The van der Waals surface area contributed by atoms with E-state index >= 15 is 0 Å². The highest BCUT2D eigenvalue weighted by Gasteiger charge is 2.17. The predicted octanol–water partition coefficient (Wildman–Crippen LogP) is 2.92. The van der Waals surface area contributed by atoms with Gasteiger partial charge in [-0.3, -0.25) is 14.9 Å². The topological polar surface area (TPSA) is 77.5 Å². The van der Waals surface area contributed by atoms with Crippen LogP contribution in [-0.4, -0.2) is 30.9 Å². The predicted molar refractivity (Wildman–Crippen MR) is 84.4 cm³/mol. The lowest BCUT2D eigenvalue weighted by molar-refractivity contribution is 0.101. The third kappa shape index (κ3) is 3.25. The Morgan fingerprint density at radius 3 is 2.50 bits per heavy atom. The zero-order valence-electron chi connectivity index (χ0n) is 12.7. The number of benzene rings is 1. The largest absolute Gasteiger partial charge is 0.497 e. The van der Waals surface area contributed by atoms with Crippen LogP contribution >= 0.6 is 11.3 Å². The molecule has 116 valence electrons. The summed E-state index contributed by atoms with van der Waals surface area (Å²) in [7, 11) is 3.02. The number of amides is 1. The third-order valence-corrected chi connectivity index (χ3v) is 4.16. The SMILES string of the molecule is COc1ccc(C(=O)Nc2nc(C)c(C(C)=O)s2)c(OC)c1. The minimum absolute atomic E-state index is 0.0717. The molecule has 0 spiro atoms. The van der Waals surface area contributed by atoms with E-state index in [-0.39, 0.29) is 11.7 Å². The van der Waals surface area contributed by atoms with E-state index in [9.17, 15) is 9.59 Å². The summed E-state index contributed by atoms with van der Waals surface area (Å²) in [6, 6.07) is 4.91. The molecule has 2 aromatic rings. The Morgan fingerprint density at radius 2 is 1.95 bits per heavy atom. The van der Waals surface area contributed by atoms with Gasteiger partial charge in [-0.15, -0.1) is 0 Å². The number of nitrogens with one attached hydrogen (secondary N) is 1. The van der Waals surface area contributed by atoms with Gasteiger partial charge in [0, 0.05) is 13.0 Å². The molecule has 1 aromatic heterocycles. The summed E-state index contributed by atoms with van der Waals surface area (Å²) in [6.45, 7) is 3.20. The second kappa shape index (κ2) is 6.57. The molecule has 0 aliphatic rings. The fourth-order valence-electron chi connectivity index (χ4n) is 1.93. The van der Waals surface area contributed by atoms with Crippen molar-refractivity contribution in [3.63, 3.8) is 0 Å². The van der Waals surface area contributed by atoms with Crippen molar-refractivity contribution in [2.45, 2.75) is 13.8 Å². The van der Waals surface area contributed by atoms with Crippen LogP contribution in [0.4, 0.5) is 5.13 Å². The van der Waals surface area contributed by atoms with E-state index in [0.29, 0.717) is 32.8 Å². The number of aryl methyl sites for hydroxylation is 1. The van der Waals surface area contributed by atoms with E-state index in [1.165, 1.54) is 21.1 Å². The van der Waals surface area contributed by atoms with Gasteiger partial charge >= 0.3 is 0 Å². The summed E-state index contributed by atoms with van der Waals surface area (Å²) >= 11 is 1.15. The first-order chi connectivity index (χ1) is 10.5. The Kier molecular flexibility index (Phi) is 4.77. The van der Waals surface area contributed by atoms with Gasteiger partial charge in [-0.2, -0.15) is 0 Å². The molecule has 1 aromatic carbocycles. The van der Waals surface area contributed by atoms with Crippen molar-refractivity contribution in [3.8, 4) is 11.5 Å². The number of Topliss-reactive ketones (excluding diaryl/α,β-unsaturated/α-hetero) is 1. The number of thiazole rings is 1. The summed E-state index contributed by atoms with van der Waals surface area (Å²) in [5.41, 5.74) is 0.968. The highest BCUT2D eigenvalue weighted by molar-refractivity contribution is 7.17. The number of ketones is 1. The standard InChI is InChI=1S/C15H16N2O4S/c1-8-13(9(2)18)22-15(16-8)17-14(19)11-6-5-10(20-3)7-12(11)21-4/h5-7H,1-4H3,(H,16,17,19). The molecule has 0 radical (unpaired) electrons. The molecule has 22 heavy (non-hydrogen) atoms. The summed E-state index contributed by atoms with van der Waals surface area (Å²) in [4.78, 5) is 28.5. The Bertz CT molecular complexity index is 724. The van der Waals surface area contributed by atoms with Gasteiger partial charge in [-0.1, -0.05) is 11.3 Å². The number of methoxy groups -OCH3 is 2. The van der Waals surface area contributed by atoms with Gasteiger partial charge in [0.15, 0.2) is 10.9 Å². The minimum atomic E-state index is -0.358. The van der Waals surface area contributed by atoms with E-state index in [1.54, 1.807) is 25.1 Å². The van der Waals surface area contributed by atoms with Crippen LogP contribution in [0.15, 0.2) is 18.2 Å². The number of carbonyl (C=O) groups excluding carboxylic acids is 2. The molecule has 0 aliphatic carbocycles. The van der Waals surface area contributed by atoms with Gasteiger partial charge < -0.3 is 9.47 Å². The smallest absolute Gasteiger partial charge is 0.261 e. The summed E-state index contributed by atoms with van der Waals surface area (Å²) in [6.07, 6.45) is 0. The normalized spacial score (nSPS) is 10.2. The molecular formula is C15H16N2O4S. The lowest BCUT2D eigenvalue weighted by atomic mass is 10.2. The number of rotatable bonds is 5. The second-order valence-electron chi connectivity index (χ2n) is 4.51. The lowest BCUT2D eigenvalue weighted by Crippen LogP contribution is -2.13. The van der Waals surface area contributed by atoms with Gasteiger partial charge in [0.2, 0.25) is 0 Å². The monoisotopic (exact) mass is 320 g/mol. The molecule has 0 bridgehead atoms. The van der Waals surface area contributed by atoms with Crippen LogP contribution < -0.4 is 14.8 Å². The molecule has 2 rings (SSSR count). The van der Waals surface area contributed by atoms with Crippen molar-refractivity contribution in [1.82, 2.24) is 4.98 Å². The summed E-state index contributed by atoms with van der Waals surface area (Å²) < 4.78 is 10.3. The minimum Gasteiger partial charge on any atom is -0.497 e. The fourth-order valence-corrected chi connectivity index (χ4v) is 2.78. The Balaban J connectivity index is 2.26. The van der Waals surface area contributed by atoms with Crippen LogP contribution in [0.5, 0.6) is 11.5 Å². The van der Waals surface area contributed by atoms with Crippen LogP contribution in [0, 0.1) is 6.92 Å². The summed E-state index contributed by atoms with van der Waals surface area (Å²) in [5, 5.41) is 3.06. The molecule has 7 heteroatoms. The average molecular weight is 320 g/mol. The van der Waals surface area contributed by atoms with Crippen molar-refractivity contribution in [2.24, 2.45) is 0 Å². The Labute approximate surface area is 132 Å². The zero-order valence-corrected chi connectivity index (χ0v) is 13.5. The number of hydrogen-bond donors (Lipinski definition) is 1. The van der Waals surface area contributed by atoms with Crippen LogP contribution in [0.2, 0.25) is 0 Å². The first kappa shape index (κ1) is 16.0. The van der Waals surface area contributed by atoms with E-state index in [4.69, 9.17) is 9.47 Å². The number of hydrogen-bond acceptors (Lipinski definition) is 6. The molecule has 0 fully saturated rings. The number of ether oxygens (including phenoxy) is 2. The molecule has 0 saturated heterocycles. The maximum Gasteiger partial charge on any atom is 0.261 e. The van der Waals surface area contributed by atoms with E-state index < -0.39 is 0 Å². The van der Waals surface area contributed by atoms with Gasteiger partial charge in [-0.25, -0.2) is 4.98 Å². The van der Waals surface area contributed by atoms with Crippen LogP contribution in [-0.2, 0) is 0 Å². The zero-order chi connectivity index (χ0) is 16.3. The maximum atomic E-state index is 12.3. The molecule has 0 aliphatic heterocycles. The van der Waals surface area contributed by atoms with Crippen molar-refractivity contribution >= 4 is 28.2 Å². The van der Waals surface area contributed by atoms with Crippen molar-refractivity contribution in [1.29, 1.82) is 0 Å². The van der Waals surface area contributed by atoms with Crippen LogP contribution in [0.25, 0.3) is 0 Å². The van der Waals surface area contributed by atoms with Crippen LogP contribution in [0.3, 0.4) is 0 Å². The Morgan fingerprint density at radius 1 is 1.23 bits per heavy atom. The molecule has 6 nitrogen and oxygen atoms in total. The molecule has 0 saturated carbocycles. The van der Waals surface area contributed by atoms with Crippen LogP contribution in [0.1, 0.15) is 32.6 Å². The van der Waals surface area contributed by atoms with Gasteiger partial charge in [0.05, 0.1) is 30.4 Å². The van der Waals surface area contributed by atoms with E-state index in [1.807, 2.05) is 0 Å². The quantitative estimate of drug-likeness (QED) is 0.857. The first-order valence-corrected chi connectivity index (χ1v) is 7.29. The lowest BCUT2D eigenvalue weighted by Gasteiger charge is -2.09. The molecular weight excluding hydrogens is 304 g/mol. The molecule has 0 atom stereocenters. The average Bonchev–Trinajstić information content (AvgIpc) is 2.87. The first-order valence-electron chi connectivity index (χ1n) is 6.48. The number of anilines is 1. The highest BCUT2D eigenvalue weighted by atomic mass is 32.1. The molecule has 1 heterocycles. The van der Waals surface area contributed by atoms with Crippen molar-refractivity contribution in [3.05, 3.63) is 34.3 Å².